The molecule has 0 bridgehead atoms. The summed E-state index contributed by atoms with van der Waals surface area (Å²) in [5, 5.41) is 5.68. The number of carbonyl (C=O) groups excluding carboxylic acids is 1. The average molecular weight is 224 g/mol. The minimum Gasteiger partial charge on any atom is -0.381 e. The van der Waals surface area contributed by atoms with E-state index >= 15 is 0 Å². The molecule has 7 nitrogen and oxygen atoms in total. The fourth-order valence-corrected chi connectivity index (χ4v) is 0.993. The molecule has 2 amide bonds. The quantitative estimate of drug-likeness (QED) is 0.612. The number of hydrogen-bond acceptors (Lipinski definition) is 5. The van der Waals surface area contributed by atoms with Crippen molar-refractivity contribution < 1.29 is 4.79 Å². The van der Waals surface area contributed by atoms with Crippen LogP contribution in [-0.4, -0.2) is 48.1 Å². The first-order chi connectivity index (χ1) is 7.61. The van der Waals surface area contributed by atoms with Gasteiger partial charge in [0.15, 0.2) is 11.6 Å². The molecule has 1 rings (SSSR count). The Morgan fingerprint density at radius 1 is 1.38 bits per heavy atom. The fourth-order valence-electron chi connectivity index (χ4n) is 0.993. The highest BCUT2D eigenvalue weighted by molar-refractivity contribution is 5.73. The van der Waals surface area contributed by atoms with E-state index in [1.807, 2.05) is 0 Å². The van der Waals surface area contributed by atoms with Crippen LogP contribution in [-0.2, 0) is 0 Å². The number of carbonyl (C=O) groups is 1. The molecule has 0 fully saturated rings. The summed E-state index contributed by atoms with van der Waals surface area (Å²) in [7, 11) is 3.37. The number of nitrogen functional groups attached to an aromatic ring is 1. The number of nitrogens with two attached hydrogens (primary N) is 1. The molecule has 1 aromatic rings. The van der Waals surface area contributed by atoms with Crippen molar-refractivity contribution in [2.45, 2.75) is 0 Å². The maximum absolute atomic E-state index is 11.2. The summed E-state index contributed by atoms with van der Waals surface area (Å²) in [6.45, 7) is 1.04. The van der Waals surface area contributed by atoms with Crippen molar-refractivity contribution in [2.75, 3.05) is 38.2 Å². The first-order valence-corrected chi connectivity index (χ1v) is 4.86. The lowest BCUT2D eigenvalue weighted by Gasteiger charge is -2.12. The Labute approximate surface area is 94.1 Å². The molecule has 16 heavy (non-hydrogen) atoms. The van der Waals surface area contributed by atoms with Crippen molar-refractivity contribution >= 4 is 17.7 Å². The van der Waals surface area contributed by atoms with Crippen molar-refractivity contribution in [2.24, 2.45) is 0 Å². The van der Waals surface area contributed by atoms with Gasteiger partial charge in [-0.15, -0.1) is 0 Å². The van der Waals surface area contributed by atoms with Crippen LogP contribution in [0.25, 0.3) is 0 Å². The topological polar surface area (TPSA) is 96.2 Å². The summed E-state index contributed by atoms with van der Waals surface area (Å²) >= 11 is 0. The Kier molecular flexibility index (Phi) is 4.31. The minimum absolute atomic E-state index is 0.131. The number of nitrogens with one attached hydrogen (secondary N) is 2. The summed E-state index contributed by atoms with van der Waals surface area (Å²) in [6.07, 6.45) is 3.07. The van der Waals surface area contributed by atoms with E-state index in [0.717, 1.165) is 0 Å². The predicted octanol–water partition coefficient (Wildman–Crippen LogP) is -0.258. The van der Waals surface area contributed by atoms with Crippen LogP contribution in [0.2, 0.25) is 0 Å². The molecule has 0 saturated heterocycles. The Morgan fingerprint density at radius 2 is 2.06 bits per heavy atom. The van der Waals surface area contributed by atoms with Gasteiger partial charge in [0.1, 0.15) is 0 Å². The molecule has 0 aliphatic rings. The molecule has 0 aromatic carbocycles. The van der Waals surface area contributed by atoms with Gasteiger partial charge >= 0.3 is 6.03 Å². The fraction of sp³-hybridized carbons (Fsp3) is 0.444. The molecule has 0 atom stereocenters. The standard InChI is InChI=1S/C9H16N6O/c1-15(2)9(16)14-6-5-13-8-7(10)11-3-4-12-8/h3-4H,5-6H2,1-2H3,(H2,10,11)(H,12,13)(H,14,16). The van der Waals surface area contributed by atoms with Gasteiger partial charge in [-0.3, -0.25) is 0 Å². The van der Waals surface area contributed by atoms with Crippen molar-refractivity contribution in [3.8, 4) is 0 Å². The molecule has 0 spiro atoms. The van der Waals surface area contributed by atoms with Gasteiger partial charge in [0.25, 0.3) is 0 Å². The lowest BCUT2D eigenvalue weighted by molar-refractivity contribution is 0.218. The van der Waals surface area contributed by atoms with Gasteiger partial charge in [-0.25, -0.2) is 14.8 Å². The third kappa shape index (κ3) is 3.60. The van der Waals surface area contributed by atoms with E-state index in [0.29, 0.717) is 24.7 Å². The highest BCUT2D eigenvalue weighted by Gasteiger charge is 2.02. The molecule has 0 aliphatic carbocycles. The molecule has 88 valence electrons. The van der Waals surface area contributed by atoms with Gasteiger partial charge in [-0.05, 0) is 0 Å². The summed E-state index contributed by atoms with van der Waals surface area (Å²) in [5.41, 5.74) is 5.58. The lowest BCUT2D eigenvalue weighted by atomic mass is 10.5. The van der Waals surface area contributed by atoms with Crippen LogP contribution >= 0.6 is 0 Å². The van der Waals surface area contributed by atoms with Crippen LogP contribution in [0.3, 0.4) is 0 Å². The van der Waals surface area contributed by atoms with Gasteiger partial charge in [-0.2, -0.15) is 0 Å². The van der Waals surface area contributed by atoms with Gasteiger partial charge in [0.05, 0.1) is 0 Å². The third-order valence-electron chi connectivity index (χ3n) is 1.83. The summed E-state index contributed by atoms with van der Waals surface area (Å²) in [4.78, 5) is 20.5. The van der Waals surface area contributed by atoms with E-state index in [4.69, 9.17) is 5.73 Å². The maximum atomic E-state index is 11.2. The van der Waals surface area contributed by atoms with Gasteiger partial charge in [0, 0.05) is 39.6 Å². The lowest BCUT2D eigenvalue weighted by Crippen LogP contribution is -2.37. The number of amides is 2. The monoisotopic (exact) mass is 224 g/mol. The van der Waals surface area contributed by atoms with Crippen molar-refractivity contribution in [1.82, 2.24) is 20.2 Å². The number of nitrogens with zero attached hydrogens (tertiary/aromatic N) is 3. The number of aromatic nitrogens is 2. The van der Waals surface area contributed by atoms with E-state index in [-0.39, 0.29) is 6.03 Å². The van der Waals surface area contributed by atoms with Gasteiger partial charge in [-0.1, -0.05) is 0 Å². The van der Waals surface area contributed by atoms with Crippen LogP contribution in [0.4, 0.5) is 16.4 Å². The number of rotatable bonds is 4. The zero-order chi connectivity index (χ0) is 12.0. The second kappa shape index (κ2) is 5.74. The Balaban J connectivity index is 2.26. The zero-order valence-corrected chi connectivity index (χ0v) is 9.40. The maximum Gasteiger partial charge on any atom is 0.316 e. The highest BCUT2D eigenvalue weighted by atomic mass is 16.2. The third-order valence-corrected chi connectivity index (χ3v) is 1.83. The minimum atomic E-state index is -0.131. The molecule has 7 heteroatoms. The predicted molar refractivity (Wildman–Crippen MR) is 62.0 cm³/mol. The van der Waals surface area contributed by atoms with Gasteiger partial charge < -0.3 is 21.3 Å². The molecule has 1 heterocycles. The second-order valence-corrected chi connectivity index (χ2v) is 3.34. The van der Waals surface area contributed by atoms with Crippen molar-refractivity contribution in [3.63, 3.8) is 0 Å². The molecular formula is C9H16N6O. The van der Waals surface area contributed by atoms with Crippen LogP contribution < -0.4 is 16.4 Å². The highest BCUT2D eigenvalue weighted by Crippen LogP contribution is 2.07. The smallest absolute Gasteiger partial charge is 0.316 e. The average Bonchev–Trinajstić information content (AvgIpc) is 2.26. The molecule has 4 N–H and O–H groups in total. The van der Waals surface area contributed by atoms with E-state index in [1.54, 1.807) is 20.3 Å². The number of urea groups is 1. The zero-order valence-electron chi connectivity index (χ0n) is 9.40. The van der Waals surface area contributed by atoms with E-state index in [1.165, 1.54) is 11.1 Å². The molecule has 0 unspecified atom stereocenters. The first kappa shape index (κ1) is 12.0. The van der Waals surface area contributed by atoms with Crippen LogP contribution in [0, 0.1) is 0 Å². The van der Waals surface area contributed by atoms with Crippen LogP contribution in [0.15, 0.2) is 12.4 Å². The second-order valence-electron chi connectivity index (χ2n) is 3.34. The molecule has 0 saturated carbocycles. The molecule has 1 aromatic heterocycles. The normalized spacial score (nSPS) is 9.62. The summed E-state index contributed by atoms with van der Waals surface area (Å²) in [5.74, 6) is 0.878. The van der Waals surface area contributed by atoms with Gasteiger partial charge in [0.2, 0.25) is 0 Å². The first-order valence-electron chi connectivity index (χ1n) is 4.86. The summed E-state index contributed by atoms with van der Waals surface area (Å²) < 4.78 is 0. The largest absolute Gasteiger partial charge is 0.381 e. The van der Waals surface area contributed by atoms with Crippen LogP contribution in [0.5, 0.6) is 0 Å². The molecule has 0 radical (unpaired) electrons. The van der Waals surface area contributed by atoms with E-state index < -0.39 is 0 Å². The van der Waals surface area contributed by atoms with Crippen LogP contribution in [0.1, 0.15) is 0 Å². The van der Waals surface area contributed by atoms with E-state index in [9.17, 15) is 4.79 Å². The number of anilines is 2. The Bertz CT molecular complexity index is 354. The van der Waals surface area contributed by atoms with Crippen molar-refractivity contribution in [1.29, 1.82) is 0 Å². The molecular weight excluding hydrogens is 208 g/mol. The van der Waals surface area contributed by atoms with Crippen molar-refractivity contribution in [3.05, 3.63) is 12.4 Å². The van der Waals surface area contributed by atoms with E-state index in [2.05, 4.69) is 20.6 Å². The molecule has 0 aliphatic heterocycles. The Hall–Kier alpha value is -2.05. The number of hydrogen-bond donors (Lipinski definition) is 3. The summed E-state index contributed by atoms with van der Waals surface area (Å²) in [6, 6.07) is -0.131. The Morgan fingerprint density at radius 3 is 2.69 bits per heavy atom. The SMILES string of the molecule is CN(C)C(=O)NCCNc1nccnc1N.